The minimum atomic E-state index is -0.221. The van der Waals surface area contributed by atoms with Crippen molar-refractivity contribution in [1.29, 1.82) is 0 Å². The van der Waals surface area contributed by atoms with Gasteiger partial charge in [0.1, 0.15) is 5.82 Å². The second-order valence-corrected chi connectivity index (χ2v) is 8.16. The van der Waals surface area contributed by atoms with Crippen molar-refractivity contribution in [1.82, 2.24) is 24.5 Å². The molecule has 0 atom stereocenters. The SMILES string of the molecule is CC(C)n1nccc1NC(=O)c1cc(-c2ccccc2)nc2c1cnn2Cc1ccccc1. The number of nitrogens with zero attached hydrogens (tertiary/aromatic N) is 5. The summed E-state index contributed by atoms with van der Waals surface area (Å²) < 4.78 is 3.62. The summed E-state index contributed by atoms with van der Waals surface area (Å²) in [5, 5.41) is 12.6. The molecule has 3 heterocycles. The van der Waals surface area contributed by atoms with E-state index in [9.17, 15) is 4.79 Å². The van der Waals surface area contributed by atoms with Gasteiger partial charge in [0, 0.05) is 17.7 Å². The lowest BCUT2D eigenvalue weighted by molar-refractivity contribution is 0.102. The molecule has 3 aromatic heterocycles. The van der Waals surface area contributed by atoms with Crippen molar-refractivity contribution in [2.24, 2.45) is 0 Å². The number of nitrogens with one attached hydrogen (secondary N) is 1. The van der Waals surface area contributed by atoms with E-state index in [1.807, 2.05) is 73.1 Å². The van der Waals surface area contributed by atoms with Gasteiger partial charge in [-0.1, -0.05) is 60.7 Å². The van der Waals surface area contributed by atoms with E-state index in [-0.39, 0.29) is 11.9 Å². The number of hydrogen-bond donors (Lipinski definition) is 1. The molecule has 0 aliphatic rings. The topological polar surface area (TPSA) is 77.6 Å². The van der Waals surface area contributed by atoms with Crippen LogP contribution in [0.4, 0.5) is 5.82 Å². The maximum absolute atomic E-state index is 13.4. The van der Waals surface area contributed by atoms with E-state index in [1.54, 1.807) is 23.1 Å². The molecule has 0 saturated carbocycles. The highest BCUT2D eigenvalue weighted by molar-refractivity contribution is 6.12. The van der Waals surface area contributed by atoms with Crippen molar-refractivity contribution in [3.8, 4) is 11.3 Å². The summed E-state index contributed by atoms with van der Waals surface area (Å²) in [6, 6.07) is 23.7. The van der Waals surface area contributed by atoms with E-state index in [0.717, 1.165) is 16.8 Å². The van der Waals surface area contributed by atoms with Crippen LogP contribution in [-0.2, 0) is 6.54 Å². The summed E-state index contributed by atoms with van der Waals surface area (Å²) >= 11 is 0. The maximum Gasteiger partial charge on any atom is 0.257 e. The first-order valence-electron chi connectivity index (χ1n) is 10.9. The van der Waals surface area contributed by atoms with Gasteiger partial charge in [-0.15, -0.1) is 0 Å². The van der Waals surface area contributed by atoms with Gasteiger partial charge in [-0.25, -0.2) is 14.3 Å². The zero-order valence-corrected chi connectivity index (χ0v) is 18.5. The maximum atomic E-state index is 13.4. The normalized spacial score (nSPS) is 11.2. The minimum absolute atomic E-state index is 0.126. The molecule has 0 aliphatic carbocycles. The highest BCUT2D eigenvalue weighted by Gasteiger charge is 2.19. The quantitative estimate of drug-likeness (QED) is 0.398. The first-order valence-corrected chi connectivity index (χ1v) is 10.9. The number of rotatable bonds is 6. The summed E-state index contributed by atoms with van der Waals surface area (Å²) in [5.74, 6) is 0.430. The number of carbonyl (C=O) groups excluding carboxylic acids is 1. The number of aromatic nitrogens is 5. The van der Waals surface area contributed by atoms with E-state index in [0.29, 0.717) is 29.0 Å². The zero-order chi connectivity index (χ0) is 22.8. The molecule has 7 heteroatoms. The zero-order valence-electron chi connectivity index (χ0n) is 18.5. The molecule has 5 aromatic rings. The Labute approximate surface area is 191 Å². The van der Waals surface area contributed by atoms with Crippen molar-refractivity contribution >= 4 is 22.8 Å². The second kappa shape index (κ2) is 8.70. The molecule has 0 spiro atoms. The molecule has 7 nitrogen and oxygen atoms in total. The van der Waals surface area contributed by atoms with Gasteiger partial charge in [-0.2, -0.15) is 10.2 Å². The van der Waals surface area contributed by atoms with Crippen molar-refractivity contribution in [2.45, 2.75) is 26.4 Å². The summed E-state index contributed by atoms with van der Waals surface area (Å²) in [4.78, 5) is 18.3. The highest BCUT2D eigenvalue weighted by atomic mass is 16.1. The molecule has 1 amide bonds. The van der Waals surface area contributed by atoms with Gasteiger partial charge in [0.25, 0.3) is 5.91 Å². The van der Waals surface area contributed by atoms with Crippen molar-refractivity contribution in [2.75, 3.05) is 5.32 Å². The molecule has 0 saturated heterocycles. The summed E-state index contributed by atoms with van der Waals surface area (Å²) in [7, 11) is 0. The van der Waals surface area contributed by atoms with Crippen LogP contribution in [0, 0.1) is 0 Å². The van der Waals surface area contributed by atoms with Crippen molar-refractivity contribution < 1.29 is 4.79 Å². The molecule has 0 radical (unpaired) electrons. The Kier molecular flexibility index (Phi) is 5.44. The van der Waals surface area contributed by atoms with E-state index >= 15 is 0 Å². The molecule has 0 aliphatic heterocycles. The van der Waals surface area contributed by atoms with Crippen LogP contribution in [0.2, 0.25) is 0 Å². The van der Waals surface area contributed by atoms with E-state index in [4.69, 9.17) is 4.98 Å². The monoisotopic (exact) mass is 436 g/mol. The van der Waals surface area contributed by atoms with Crippen LogP contribution < -0.4 is 5.32 Å². The standard InChI is InChI=1S/C26H24N6O/c1-18(2)32-24(13-14-27-32)30-26(33)21-15-23(20-11-7-4-8-12-20)29-25-22(21)16-28-31(25)17-19-9-5-3-6-10-19/h3-16,18H,17H2,1-2H3,(H,30,33). The minimum Gasteiger partial charge on any atom is -0.307 e. The van der Waals surface area contributed by atoms with E-state index in [1.165, 1.54) is 0 Å². The lowest BCUT2D eigenvalue weighted by atomic mass is 10.1. The molecule has 1 N–H and O–H groups in total. The number of fused-ring (bicyclic) bond motifs is 1. The third kappa shape index (κ3) is 4.13. The Hall–Kier alpha value is -4.26. The van der Waals surface area contributed by atoms with Gasteiger partial charge in [-0.3, -0.25) is 4.79 Å². The Balaban J connectivity index is 1.61. The lowest BCUT2D eigenvalue weighted by Gasteiger charge is -2.13. The molecular weight excluding hydrogens is 412 g/mol. The molecule has 164 valence electrons. The molecular formula is C26H24N6O. The average molecular weight is 437 g/mol. The third-order valence-corrected chi connectivity index (χ3v) is 5.50. The second-order valence-electron chi connectivity index (χ2n) is 8.16. The van der Waals surface area contributed by atoms with Crippen LogP contribution in [-0.4, -0.2) is 30.5 Å². The summed E-state index contributed by atoms with van der Waals surface area (Å²) in [6.45, 7) is 4.61. The largest absolute Gasteiger partial charge is 0.307 e. The number of carbonyl (C=O) groups is 1. The lowest BCUT2D eigenvalue weighted by Crippen LogP contribution is -2.17. The fraction of sp³-hybridized carbons (Fsp3) is 0.154. The van der Waals surface area contributed by atoms with Crippen LogP contribution in [0.3, 0.4) is 0 Å². The molecule has 2 aromatic carbocycles. The summed E-state index contributed by atoms with van der Waals surface area (Å²) in [5.41, 5.74) is 3.97. The fourth-order valence-corrected chi connectivity index (χ4v) is 3.87. The van der Waals surface area contributed by atoms with Gasteiger partial charge in [0.15, 0.2) is 5.65 Å². The first-order chi connectivity index (χ1) is 16.1. The predicted molar refractivity (Wildman–Crippen MR) is 129 cm³/mol. The van der Waals surface area contributed by atoms with Crippen LogP contribution in [0.5, 0.6) is 0 Å². The summed E-state index contributed by atoms with van der Waals surface area (Å²) in [6.07, 6.45) is 3.40. The molecule has 0 bridgehead atoms. The molecule has 0 unspecified atom stereocenters. The van der Waals surface area contributed by atoms with Gasteiger partial charge in [0.2, 0.25) is 0 Å². The Bertz CT molecular complexity index is 1400. The van der Waals surface area contributed by atoms with Crippen LogP contribution in [0.25, 0.3) is 22.3 Å². The van der Waals surface area contributed by atoms with E-state index in [2.05, 4.69) is 27.6 Å². The number of hydrogen-bond acceptors (Lipinski definition) is 4. The number of amides is 1. The number of benzene rings is 2. The smallest absolute Gasteiger partial charge is 0.257 e. The molecule has 33 heavy (non-hydrogen) atoms. The molecule has 5 rings (SSSR count). The average Bonchev–Trinajstić information content (AvgIpc) is 3.47. The highest BCUT2D eigenvalue weighted by Crippen LogP contribution is 2.26. The fourth-order valence-electron chi connectivity index (χ4n) is 3.87. The van der Waals surface area contributed by atoms with Gasteiger partial charge < -0.3 is 5.32 Å². The third-order valence-electron chi connectivity index (χ3n) is 5.50. The Morgan fingerprint density at radius 3 is 2.42 bits per heavy atom. The van der Waals surface area contributed by atoms with Gasteiger partial charge in [0.05, 0.1) is 35.6 Å². The Morgan fingerprint density at radius 2 is 1.70 bits per heavy atom. The molecule has 0 fully saturated rings. The van der Waals surface area contributed by atoms with E-state index < -0.39 is 0 Å². The number of pyridine rings is 1. The number of anilines is 1. The van der Waals surface area contributed by atoms with Crippen molar-refractivity contribution in [3.05, 3.63) is 96.3 Å². The van der Waals surface area contributed by atoms with Crippen molar-refractivity contribution in [3.63, 3.8) is 0 Å². The van der Waals surface area contributed by atoms with Gasteiger partial charge >= 0.3 is 0 Å². The first kappa shape index (κ1) is 20.6. The Morgan fingerprint density at radius 1 is 0.970 bits per heavy atom. The van der Waals surface area contributed by atoms with Crippen LogP contribution >= 0.6 is 0 Å². The van der Waals surface area contributed by atoms with Crippen LogP contribution in [0.15, 0.2) is 85.2 Å². The predicted octanol–water partition coefficient (Wildman–Crippen LogP) is 5.18. The van der Waals surface area contributed by atoms with Gasteiger partial charge in [-0.05, 0) is 25.5 Å². The van der Waals surface area contributed by atoms with Crippen LogP contribution in [0.1, 0.15) is 35.8 Å².